The molecule has 0 atom stereocenters. The largest absolute Gasteiger partial charge is 0.348 e. The minimum atomic E-state index is -0.186. The first-order chi connectivity index (χ1) is 16.0. The van der Waals surface area contributed by atoms with Gasteiger partial charge in [0.15, 0.2) is 5.43 Å². The second kappa shape index (κ2) is 10.4. The second-order valence-corrected chi connectivity index (χ2v) is 9.56. The van der Waals surface area contributed by atoms with Gasteiger partial charge in [-0.3, -0.25) is 9.59 Å². The molecule has 4 rings (SSSR count). The average molecular weight is 454 g/mol. The fraction of sp³-hybridized carbons (Fsp3) is 0.172. The third-order valence-electron chi connectivity index (χ3n) is 5.41. The van der Waals surface area contributed by atoms with Crippen molar-refractivity contribution in [3.63, 3.8) is 0 Å². The molecule has 0 radical (unpaired) electrons. The minimum absolute atomic E-state index is 0.0308. The molecule has 0 bridgehead atoms. The molecule has 1 heterocycles. The van der Waals surface area contributed by atoms with Gasteiger partial charge in [0.1, 0.15) is 0 Å². The van der Waals surface area contributed by atoms with E-state index in [2.05, 4.69) is 37.4 Å². The molecule has 0 aliphatic heterocycles. The molecule has 0 unspecified atom stereocenters. The van der Waals surface area contributed by atoms with Crippen LogP contribution in [0.4, 0.5) is 0 Å². The predicted molar refractivity (Wildman–Crippen MR) is 141 cm³/mol. The topological polar surface area (TPSA) is 46.2 Å². The van der Waals surface area contributed by atoms with Gasteiger partial charge in [0.05, 0.1) is 0 Å². The summed E-state index contributed by atoms with van der Waals surface area (Å²) < 4.78 is 1.84. The maximum atomic E-state index is 12.9. The molecule has 1 aromatic heterocycles. The summed E-state index contributed by atoms with van der Waals surface area (Å²) in [6, 6.07) is 21.0. The van der Waals surface area contributed by atoms with E-state index in [4.69, 9.17) is 0 Å². The Bertz CT molecular complexity index is 1400. The molecule has 0 saturated carbocycles. The van der Waals surface area contributed by atoms with Crippen molar-refractivity contribution in [2.45, 2.75) is 26.8 Å². The van der Waals surface area contributed by atoms with Crippen LogP contribution in [0.2, 0.25) is 0 Å². The van der Waals surface area contributed by atoms with Gasteiger partial charge in [0.2, 0.25) is 0 Å². The lowest BCUT2D eigenvalue weighted by Gasteiger charge is -2.07. The molecule has 1 amide bonds. The highest BCUT2D eigenvalue weighted by molar-refractivity contribution is 7.24. The van der Waals surface area contributed by atoms with Crippen molar-refractivity contribution in [3.05, 3.63) is 112 Å². The normalized spacial score (nSPS) is 11.8. The molecule has 0 aliphatic rings. The molecule has 0 saturated heterocycles. The highest BCUT2D eigenvalue weighted by Gasteiger charge is 2.10. The van der Waals surface area contributed by atoms with Gasteiger partial charge in [0.25, 0.3) is 5.91 Å². The van der Waals surface area contributed by atoms with E-state index in [1.807, 2.05) is 60.7 Å². The smallest absolute Gasteiger partial charge is 0.251 e. The van der Waals surface area contributed by atoms with E-state index >= 15 is 0 Å². The van der Waals surface area contributed by atoms with Gasteiger partial charge in [-0.05, 0) is 53.8 Å². The number of nitrogens with one attached hydrogen (secondary N) is 1. The molecule has 4 aromatic rings. The van der Waals surface area contributed by atoms with Crippen LogP contribution in [-0.4, -0.2) is 5.91 Å². The summed E-state index contributed by atoms with van der Waals surface area (Å²) in [5, 5.41) is 4.24. The van der Waals surface area contributed by atoms with Crippen LogP contribution in [0, 0.1) is 5.92 Å². The van der Waals surface area contributed by atoms with Crippen molar-refractivity contribution >= 4 is 43.5 Å². The molecule has 0 fully saturated rings. The zero-order valence-electron chi connectivity index (χ0n) is 18.9. The number of amides is 1. The van der Waals surface area contributed by atoms with E-state index in [1.54, 1.807) is 23.5 Å². The SMILES string of the molecule is CC(C)C/C=C/C=C/c1ccc(CNC(=O)c2ccc3sc4ccccc4c(=O)c3c2)cc1. The quantitative estimate of drug-likeness (QED) is 0.243. The van der Waals surface area contributed by atoms with Crippen molar-refractivity contribution < 1.29 is 4.79 Å². The van der Waals surface area contributed by atoms with Gasteiger partial charge in [-0.25, -0.2) is 0 Å². The lowest BCUT2D eigenvalue weighted by Crippen LogP contribution is -2.22. The number of hydrogen-bond acceptors (Lipinski definition) is 3. The molecular weight excluding hydrogens is 426 g/mol. The van der Waals surface area contributed by atoms with Gasteiger partial charge in [-0.1, -0.05) is 74.5 Å². The molecule has 3 aromatic carbocycles. The van der Waals surface area contributed by atoms with Crippen LogP contribution in [0.1, 0.15) is 41.8 Å². The lowest BCUT2D eigenvalue weighted by atomic mass is 10.1. The number of carbonyl (C=O) groups is 1. The van der Waals surface area contributed by atoms with E-state index in [1.165, 1.54) is 0 Å². The van der Waals surface area contributed by atoms with E-state index < -0.39 is 0 Å². The first kappa shape index (κ1) is 22.7. The van der Waals surface area contributed by atoms with E-state index in [-0.39, 0.29) is 11.3 Å². The van der Waals surface area contributed by atoms with Crippen LogP contribution in [0.25, 0.3) is 26.2 Å². The summed E-state index contributed by atoms with van der Waals surface area (Å²) in [4.78, 5) is 25.6. The third-order valence-corrected chi connectivity index (χ3v) is 6.57. The van der Waals surface area contributed by atoms with Gasteiger partial charge >= 0.3 is 0 Å². The van der Waals surface area contributed by atoms with Crippen molar-refractivity contribution in [1.29, 1.82) is 0 Å². The predicted octanol–water partition coefficient (Wildman–Crippen LogP) is 6.96. The Morgan fingerprint density at radius 1 is 0.939 bits per heavy atom. The number of rotatable bonds is 7. The summed E-state index contributed by atoms with van der Waals surface area (Å²) in [5.74, 6) is 0.482. The Morgan fingerprint density at radius 2 is 1.70 bits per heavy atom. The Balaban J connectivity index is 1.42. The fourth-order valence-corrected chi connectivity index (χ4v) is 4.62. The number of allylic oxidation sites excluding steroid dienone is 3. The molecule has 4 heteroatoms. The summed E-state index contributed by atoms with van der Waals surface area (Å²) >= 11 is 1.57. The van der Waals surface area contributed by atoms with Gasteiger partial charge in [-0.2, -0.15) is 0 Å². The number of hydrogen-bond donors (Lipinski definition) is 1. The Morgan fingerprint density at radius 3 is 2.48 bits per heavy atom. The van der Waals surface area contributed by atoms with E-state index in [0.717, 1.165) is 26.9 Å². The summed E-state index contributed by atoms with van der Waals surface area (Å²) in [7, 11) is 0. The van der Waals surface area contributed by atoms with E-state index in [0.29, 0.717) is 28.8 Å². The summed E-state index contributed by atoms with van der Waals surface area (Å²) in [6.07, 6.45) is 9.45. The van der Waals surface area contributed by atoms with Crippen molar-refractivity contribution in [3.8, 4) is 0 Å². The maximum Gasteiger partial charge on any atom is 0.251 e. The maximum absolute atomic E-state index is 12.9. The van der Waals surface area contributed by atoms with Crippen LogP contribution in [0.5, 0.6) is 0 Å². The Kier molecular flexibility index (Phi) is 7.16. The number of carbonyl (C=O) groups excluding carboxylic acids is 1. The molecule has 1 N–H and O–H groups in total. The molecular formula is C29H27NO2S. The van der Waals surface area contributed by atoms with Crippen LogP contribution >= 0.6 is 11.3 Å². The van der Waals surface area contributed by atoms with Crippen molar-refractivity contribution in [1.82, 2.24) is 5.32 Å². The molecule has 33 heavy (non-hydrogen) atoms. The van der Waals surface area contributed by atoms with Crippen molar-refractivity contribution in [2.75, 3.05) is 0 Å². The minimum Gasteiger partial charge on any atom is -0.348 e. The Hall–Kier alpha value is -3.50. The first-order valence-electron chi connectivity index (χ1n) is 11.2. The molecule has 3 nitrogen and oxygen atoms in total. The van der Waals surface area contributed by atoms with Crippen LogP contribution in [-0.2, 0) is 6.54 Å². The van der Waals surface area contributed by atoms with Gasteiger partial charge < -0.3 is 5.32 Å². The van der Waals surface area contributed by atoms with Gasteiger partial charge in [-0.15, -0.1) is 11.3 Å². The second-order valence-electron chi connectivity index (χ2n) is 8.48. The van der Waals surface area contributed by atoms with Crippen LogP contribution in [0.3, 0.4) is 0 Å². The average Bonchev–Trinajstić information content (AvgIpc) is 2.83. The third kappa shape index (κ3) is 5.65. The fourth-order valence-electron chi connectivity index (χ4n) is 3.57. The molecule has 0 spiro atoms. The highest BCUT2D eigenvalue weighted by atomic mass is 32.1. The highest BCUT2D eigenvalue weighted by Crippen LogP contribution is 2.25. The number of fused-ring (bicyclic) bond motifs is 2. The zero-order valence-corrected chi connectivity index (χ0v) is 19.7. The summed E-state index contributed by atoms with van der Waals surface area (Å²) in [5.41, 5.74) is 2.60. The summed E-state index contributed by atoms with van der Waals surface area (Å²) in [6.45, 7) is 4.84. The van der Waals surface area contributed by atoms with Crippen LogP contribution < -0.4 is 10.7 Å². The Labute approximate surface area is 198 Å². The molecule has 166 valence electrons. The van der Waals surface area contributed by atoms with Crippen LogP contribution in [0.15, 0.2) is 89.8 Å². The van der Waals surface area contributed by atoms with Crippen molar-refractivity contribution in [2.24, 2.45) is 5.92 Å². The monoisotopic (exact) mass is 453 g/mol. The lowest BCUT2D eigenvalue weighted by molar-refractivity contribution is 0.0951. The molecule has 0 aliphatic carbocycles. The van der Waals surface area contributed by atoms with E-state index in [9.17, 15) is 9.59 Å². The van der Waals surface area contributed by atoms with Gasteiger partial charge in [0, 0.05) is 32.3 Å². The zero-order chi connectivity index (χ0) is 23.2. The number of benzene rings is 3. The standard InChI is InChI=1S/C29H27NO2S/c1-20(2)8-4-3-5-9-21-12-14-22(15-13-21)19-30-29(32)23-16-17-27-25(18-23)28(31)24-10-6-7-11-26(24)33-27/h3-7,9-18,20H,8,19H2,1-2H3,(H,30,32)/b4-3+,9-5+. The first-order valence-corrected chi connectivity index (χ1v) is 12.0.